The van der Waals surface area contributed by atoms with E-state index in [1.807, 2.05) is 4.98 Å². The molecule has 108 valence electrons. The van der Waals surface area contributed by atoms with Gasteiger partial charge >= 0.3 is 5.69 Å². The smallest absolute Gasteiger partial charge is 0.330 e. The zero-order valence-electron chi connectivity index (χ0n) is 10.3. The van der Waals surface area contributed by atoms with E-state index in [-0.39, 0.29) is 12.0 Å². The summed E-state index contributed by atoms with van der Waals surface area (Å²) in [5.74, 6) is 0. The van der Waals surface area contributed by atoms with Crippen LogP contribution in [0.15, 0.2) is 15.8 Å². The van der Waals surface area contributed by atoms with Gasteiger partial charge in [0.25, 0.3) is 5.56 Å². The van der Waals surface area contributed by atoms with E-state index in [0.29, 0.717) is 0 Å². The minimum atomic E-state index is -1.44. The van der Waals surface area contributed by atoms with E-state index in [4.69, 9.17) is 15.1 Å². The van der Waals surface area contributed by atoms with E-state index >= 15 is 0 Å². The summed E-state index contributed by atoms with van der Waals surface area (Å²) in [6.07, 6.45) is -4.19. The molecule has 1 unspecified atom stereocenters. The maximum absolute atomic E-state index is 11.7. The number of hydrogen-bond acceptors (Lipinski definition) is 7. The summed E-state index contributed by atoms with van der Waals surface area (Å²) < 4.78 is 6.07. The first-order chi connectivity index (χ1) is 9.49. The number of H-pyrrole nitrogens is 1. The van der Waals surface area contributed by atoms with E-state index in [1.54, 1.807) is 6.07 Å². The molecule has 4 atom stereocenters. The highest BCUT2D eigenvalue weighted by atomic mass is 16.6. The van der Waals surface area contributed by atoms with Crippen molar-refractivity contribution in [3.8, 4) is 6.07 Å². The van der Waals surface area contributed by atoms with Crippen molar-refractivity contribution >= 4 is 0 Å². The summed E-state index contributed by atoms with van der Waals surface area (Å²) in [4.78, 5) is 25.2. The van der Waals surface area contributed by atoms with E-state index in [0.717, 1.165) is 10.8 Å². The molecule has 1 fully saturated rings. The highest BCUT2D eigenvalue weighted by molar-refractivity contribution is 5.10. The molecule has 0 spiro atoms. The van der Waals surface area contributed by atoms with Gasteiger partial charge in [0.2, 0.25) is 0 Å². The summed E-state index contributed by atoms with van der Waals surface area (Å²) in [7, 11) is 0. The van der Waals surface area contributed by atoms with Crippen molar-refractivity contribution in [3.63, 3.8) is 0 Å². The molecule has 9 nitrogen and oxygen atoms in total. The average molecular weight is 283 g/mol. The zero-order valence-corrected chi connectivity index (χ0v) is 10.3. The van der Waals surface area contributed by atoms with Crippen molar-refractivity contribution in [2.24, 2.45) is 0 Å². The van der Waals surface area contributed by atoms with Crippen molar-refractivity contribution in [2.45, 2.75) is 31.0 Å². The number of aromatic amines is 1. The minimum absolute atomic E-state index is 0.0323. The first-order valence-electron chi connectivity index (χ1n) is 5.83. The first-order valence-corrected chi connectivity index (χ1v) is 5.83. The second-order valence-electron chi connectivity index (χ2n) is 4.38. The molecule has 4 N–H and O–H groups in total. The third kappa shape index (κ3) is 2.37. The number of aliphatic hydroxyl groups is 3. The molecule has 0 saturated carbocycles. The Morgan fingerprint density at radius 3 is 2.65 bits per heavy atom. The van der Waals surface area contributed by atoms with Gasteiger partial charge in [-0.1, -0.05) is 0 Å². The van der Waals surface area contributed by atoms with Crippen LogP contribution in [-0.4, -0.2) is 49.8 Å². The van der Waals surface area contributed by atoms with Crippen LogP contribution in [0.2, 0.25) is 0 Å². The van der Waals surface area contributed by atoms with Gasteiger partial charge in [0.05, 0.1) is 19.1 Å². The van der Waals surface area contributed by atoms with Gasteiger partial charge in [-0.15, -0.1) is 0 Å². The van der Waals surface area contributed by atoms with Gasteiger partial charge in [0.15, 0.2) is 6.23 Å². The molecule has 1 aliphatic heterocycles. The molecule has 2 heterocycles. The number of aromatic nitrogens is 2. The van der Waals surface area contributed by atoms with Crippen LogP contribution in [0.4, 0.5) is 0 Å². The van der Waals surface area contributed by atoms with Crippen LogP contribution in [0.1, 0.15) is 11.8 Å². The molecule has 1 aromatic heterocycles. The van der Waals surface area contributed by atoms with Gasteiger partial charge in [-0.25, -0.2) is 4.79 Å². The molecule has 0 radical (unpaired) electrons. The fourth-order valence-electron chi connectivity index (χ4n) is 2.04. The third-order valence-electron chi connectivity index (χ3n) is 3.10. The number of ether oxygens (including phenoxy) is 1. The number of hydrogen-bond donors (Lipinski definition) is 4. The molecular formula is C11H13N3O6. The Bertz CT molecular complexity index is 645. The normalized spacial score (nSPS) is 29.3. The highest BCUT2D eigenvalue weighted by Gasteiger charge is 2.43. The van der Waals surface area contributed by atoms with Crippen molar-refractivity contribution in [1.29, 1.82) is 5.26 Å². The van der Waals surface area contributed by atoms with Gasteiger partial charge in [-0.05, 0) is 0 Å². The molecule has 1 aliphatic rings. The average Bonchev–Trinajstić information content (AvgIpc) is 2.70. The molecule has 9 heteroatoms. The predicted octanol–water partition coefficient (Wildman–Crippen LogP) is -2.79. The van der Waals surface area contributed by atoms with Gasteiger partial charge in [-0.3, -0.25) is 14.3 Å². The van der Waals surface area contributed by atoms with Crippen molar-refractivity contribution < 1.29 is 20.1 Å². The SMILES string of the molecule is N#CCc1cn([C@@H]2O[C@H](CO)C(O)[C@@H]2O)c(=O)[nH]c1=O. The maximum atomic E-state index is 11.7. The Labute approximate surface area is 112 Å². The van der Waals surface area contributed by atoms with Gasteiger partial charge < -0.3 is 20.1 Å². The lowest BCUT2D eigenvalue weighted by Gasteiger charge is -2.17. The fraction of sp³-hybridized carbons (Fsp3) is 0.545. The van der Waals surface area contributed by atoms with Crippen LogP contribution in [-0.2, 0) is 11.2 Å². The van der Waals surface area contributed by atoms with Gasteiger partial charge in [0.1, 0.15) is 18.3 Å². The summed E-state index contributed by atoms with van der Waals surface area (Å²) in [6, 6.07) is 1.77. The number of nitrogens with one attached hydrogen (secondary N) is 1. The quantitative estimate of drug-likeness (QED) is 0.468. The lowest BCUT2D eigenvalue weighted by Crippen LogP contribution is -2.38. The van der Waals surface area contributed by atoms with E-state index < -0.39 is 42.4 Å². The Kier molecular flexibility index (Phi) is 4.01. The lowest BCUT2D eigenvalue weighted by atomic mass is 10.1. The summed E-state index contributed by atoms with van der Waals surface area (Å²) in [5, 5.41) is 37.0. The standard InChI is InChI=1S/C11H13N3O6/c12-2-1-5-3-14(11(19)13-9(5)18)10-8(17)7(16)6(4-15)20-10/h3,6-8,10,15-17H,1,4H2,(H,13,18,19)/t6-,7?,8+,10-/m1/s1. The second-order valence-corrected chi connectivity index (χ2v) is 4.38. The van der Waals surface area contributed by atoms with Crippen LogP contribution >= 0.6 is 0 Å². The van der Waals surface area contributed by atoms with Crippen molar-refractivity contribution in [2.75, 3.05) is 6.61 Å². The van der Waals surface area contributed by atoms with E-state index in [1.165, 1.54) is 0 Å². The molecule has 1 saturated heterocycles. The first kappa shape index (κ1) is 14.4. The lowest BCUT2D eigenvalue weighted by molar-refractivity contribution is -0.0551. The van der Waals surface area contributed by atoms with E-state index in [2.05, 4.69) is 0 Å². The number of nitrogens with zero attached hydrogens (tertiary/aromatic N) is 2. The van der Waals surface area contributed by atoms with Crippen LogP contribution in [0, 0.1) is 11.3 Å². The number of nitriles is 1. The minimum Gasteiger partial charge on any atom is -0.394 e. The monoisotopic (exact) mass is 283 g/mol. The highest BCUT2D eigenvalue weighted by Crippen LogP contribution is 2.27. The third-order valence-corrected chi connectivity index (χ3v) is 3.10. The van der Waals surface area contributed by atoms with Crippen LogP contribution in [0.5, 0.6) is 0 Å². The summed E-state index contributed by atoms with van der Waals surface area (Å²) in [6.45, 7) is -0.530. The summed E-state index contributed by atoms with van der Waals surface area (Å²) in [5.41, 5.74) is -1.50. The largest absolute Gasteiger partial charge is 0.394 e. The van der Waals surface area contributed by atoms with Crippen LogP contribution < -0.4 is 11.2 Å². The summed E-state index contributed by atoms with van der Waals surface area (Å²) >= 11 is 0. The molecule has 1 aromatic rings. The molecule has 20 heavy (non-hydrogen) atoms. The Morgan fingerprint density at radius 1 is 1.40 bits per heavy atom. The number of aliphatic hydroxyl groups excluding tert-OH is 3. The second kappa shape index (κ2) is 5.56. The Hall–Kier alpha value is -1.99. The molecule has 2 rings (SSSR count). The van der Waals surface area contributed by atoms with Crippen molar-refractivity contribution in [1.82, 2.24) is 9.55 Å². The topological polar surface area (TPSA) is 149 Å². The van der Waals surface area contributed by atoms with Crippen LogP contribution in [0.3, 0.4) is 0 Å². The maximum Gasteiger partial charge on any atom is 0.330 e. The molecular weight excluding hydrogens is 270 g/mol. The molecule has 0 bridgehead atoms. The number of rotatable bonds is 3. The fourth-order valence-corrected chi connectivity index (χ4v) is 2.04. The zero-order chi connectivity index (χ0) is 14.9. The Balaban J connectivity index is 2.43. The van der Waals surface area contributed by atoms with Gasteiger partial charge in [0, 0.05) is 11.8 Å². The molecule has 0 amide bonds. The van der Waals surface area contributed by atoms with E-state index in [9.17, 15) is 19.8 Å². The molecule has 0 aliphatic carbocycles. The van der Waals surface area contributed by atoms with Crippen LogP contribution in [0.25, 0.3) is 0 Å². The molecule has 0 aromatic carbocycles. The van der Waals surface area contributed by atoms with Crippen molar-refractivity contribution in [3.05, 3.63) is 32.6 Å². The Morgan fingerprint density at radius 2 is 2.10 bits per heavy atom. The van der Waals surface area contributed by atoms with Gasteiger partial charge in [-0.2, -0.15) is 5.26 Å². The predicted molar refractivity (Wildman–Crippen MR) is 63.6 cm³/mol.